The summed E-state index contributed by atoms with van der Waals surface area (Å²) in [5.41, 5.74) is 0. The van der Waals surface area contributed by atoms with Crippen LogP contribution < -0.4 is 0 Å². The van der Waals surface area contributed by atoms with Crippen LogP contribution in [0.3, 0.4) is 0 Å². The molecule has 0 amide bonds. The molecular formula is C9H18N2O5S. The summed E-state index contributed by atoms with van der Waals surface area (Å²) in [6.45, 7) is 3.76. The third-order valence-electron chi connectivity index (χ3n) is 2.85. The Balaban J connectivity index is 3.01. The molecule has 17 heavy (non-hydrogen) atoms. The van der Waals surface area contributed by atoms with E-state index >= 15 is 0 Å². The number of aliphatic carboxylic acids is 1. The highest BCUT2D eigenvalue weighted by molar-refractivity contribution is 7.86. The average molecular weight is 266 g/mol. The van der Waals surface area contributed by atoms with Crippen molar-refractivity contribution in [3.8, 4) is 0 Å². The number of hydrogen-bond acceptors (Lipinski definition) is 4. The van der Waals surface area contributed by atoms with Gasteiger partial charge in [0.05, 0.1) is 6.10 Å². The molecule has 7 nitrogen and oxygen atoms in total. The second-order valence-corrected chi connectivity index (χ2v) is 5.79. The van der Waals surface area contributed by atoms with Gasteiger partial charge in [-0.3, -0.25) is 4.79 Å². The van der Waals surface area contributed by atoms with Crippen molar-refractivity contribution in [2.75, 3.05) is 19.6 Å². The second-order valence-electron chi connectivity index (χ2n) is 3.91. The molecule has 0 aromatic rings. The average Bonchev–Trinajstić information content (AvgIpc) is 2.62. The molecule has 1 heterocycles. The number of aliphatic hydroxyl groups excluding tert-OH is 1. The van der Waals surface area contributed by atoms with Gasteiger partial charge in [-0.1, -0.05) is 13.8 Å². The molecule has 1 rings (SSSR count). The Labute approximate surface area is 101 Å². The van der Waals surface area contributed by atoms with Crippen molar-refractivity contribution < 1.29 is 23.4 Å². The zero-order valence-corrected chi connectivity index (χ0v) is 10.7. The number of carboxylic acids is 1. The van der Waals surface area contributed by atoms with Crippen molar-refractivity contribution in [3.05, 3.63) is 0 Å². The van der Waals surface area contributed by atoms with E-state index in [1.54, 1.807) is 13.8 Å². The minimum absolute atomic E-state index is 0.0597. The van der Waals surface area contributed by atoms with Crippen molar-refractivity contribution >= 4 is 16.2 Å². The first-order chi connectivity index (χ1) is 7.84. The van der Waals surface area contributed by atoms with Gasteiger partial charge in [0.1, 0.15) is 6.04 Å². The molecule has 2 atom stereocenters. The summed E-state index contributed by atoms with van der Waals surface area (Å²) in [4.78, 5) is 11.0. The number of hydrogen-bond donors (Lipinski definition) is 2. The van der Waals surface area contributed by atoms with Gasteiger partial charge in [-0.25, -0.2) is 0 Å². The molecule has 0 spiro atoms. The van der Waals surface area contributed by atoms with Crippen LogP contribution in [0.25, 0.3) is 0 Å². The lowest BCUT2D eigenvalue weighted by molar-refractivity contribution is -0.140. The topological polar surface area (TPSA) is 98.2 Å². The van der Waals surface area contributed by atoms with Gasteiger partial charge >= 0.3 is 5.97 Å². The molecule has 0 aromatic carbocycles. The van der Waals surface area contributed by atoms with Gasteiger partial charge in [0.25, 0.3) is 10.2 Å². The van der Waals surface area contributed by atoms with Gasteiger partial charge in [0.15, 0.2) is 0 Å². The van der Waals surface area contributed by atoms with E-state index in [9.17, 15) is 18.3 Å². The molecule has 0 aliphatic carbocycles. The largest absolute Gasteiger partial charge is 0.480 e. The first-order valence-electron chi connectivity index (χ1n) is 5.52. The maximum absolute atomic E-state index is 12.1. The Morgan fingerprint density at radius 3 is 2.35 bits per heavy atom. The maximum atomic E-state index is 12.1. The van der Waals surface area contributed by atoms with Gasteiger partial charge in [-0.2, -0.15) is 17.0 Å². The summed E-state index contributed by atoms with van der Waals surface area (Å²) >= 11 is 0. The zero-order chi connectivity index (χ0) is 13.2. The highest BCUT2D eigenvalue weighted by Crippen LogP contribution is 2.23. The number of β-amino-alcohol motifs (C(OH)–C–C–N with tert-alkyl or cyclic N) is 1. The monoisotopic (exact) mass is 266 g/mol. The van der Waals surface area contributed by atoms with Crippen molar-refractivity contribution in [3.63, 3.8) is 0 Å². The van der Waals surface area contributed by atoms with Gasteiger partial charge in [-0.15, -0.1) is 0 Å². The van der Waals surface area contributed by atoms with Gasteiger partial charge in [-0.05, 0) is 0 Å². The van der Waals surface area contributed by atoms with Crippen molar-refractivity contribution in [1.29, 1.82) is 0 Å². The highest BCUT2D eigenvalue weighted by Gasteiger charge is 2.44. The predicted octanol–water partition coefficient (Wildman–Crippen LogP) is -0.907. The van der Waals surface area contributed by atoms with Crippen LogP contribution in [-0.2, 0) is 15.0 Å². The lowest BCUT2D eigenvalue weighted by atomic mass is 10.2. The minimum atomic E-state index is -3.80. The summed E-state index contributed by atoms with van der Waals surface area (Å²) < 4.78 is 26.3. The summed E-state index contributed by atoms with van der Waals surface area (Å²) in [7, 11) is -3.80. The van der Waals surface area contributed by atoms with Gasteiger partial charge in [0, 0.05) is 26.1 Å². The van der Waals surface area contributed by atoms with Crippen LogP contribution in [0.15, 0.2) is 0 Å². The predicted molar refractivity (Wildman–Crippen MR) is 60.6 cm³/mol. The quantitative estimate of drug-likeness (QED) is 0.671. The lowest BCUT2D eigenvalue weighted by Crippen LogP contribution is -2.48. The van der Waals surface area contributed by atoms with Crippen LogP contribution >= 0.6 is 0 Å². The fourth-order valence-corrected chi connectivity index (χ4v) is 3.77. The van der Waals surface area contributed by atoms with E-state index < -0.39 is 28.3 Å². The Bertz CT molecular complexity index is 379. The summed E-state index contributed by atoms with van der Waals surface area (Å²) in [6, 6.07) is -1.17. The maximum Gasteiger partial charge on any atom is 0.322 e. The van der Waals surface area contributed by atoms with Crippen LogP contribution in [0.4, 0.5) is 0 Å². The van der Waals surface area contributed by atoms with Crippen LogP contribution in [0, 0.1) is 0 Å². The molecule has 0 bridgehead atoms. The van der Waals surface area contributed by atoms with E-state index in [2.05, 4.69) is 0 Å². The molecule has 2 N–H and O–H groups in total. The van der Waals surface area contributed by atoms with Crippen LogP contribution in [0.1, 0.15) is 20.3 Å². The van der Waals surface area contributed by atoms with Crippen LogP contribution in [0.2, 0.25) is 0 Å². The molecule has 1 fully saturated rings. The molecule has 8 heteroatoms. The Morgan fingerprint density at radius 2 is 1.94 bits per heavy atom. The zero-order valence-electron chi connectivity index (χ0n) is 9.90. The van der Waals surface area contributed by atoms with Crippen LogP contribution in [-0.4, -0.2) is 65.0 Å². The van der Waals surface area contributed by atoms with E-state index in [-0.39, 0.29) is 26.1 Å². The summed E-state index contributed by atoms with van der Waals surface area (Å²) in [6.07, 6.45) is -0.975. The van der Waals surface area contributed by atoms with E-state index in [0.29, 0.717) is 0 Å². The number of rotatable bonds is 5. The van der Waals surface area contributed by atoms with Crippen molar-refractivity contribution in [2.24, 2.45) is 0 Å². The molecule has 1 aliphatic heterocycles. The molecule has 1 saturated heterocycles. The van der Waals surface area contributed by atoms with Crippen molar-refractivity contribution in [2.45, 2.75) is 32.4 Å². The number of nitrogens with zero attached hydrogens (tertiary/aromatic N) is 2. The molecule has 0 aromatic heterocycles. The fourth-order valence-electron chi connectivity index (χ4n) is 1.96. The Hall–Kier alpha value is -0.700. The number of carboxylic acid groups (broad SMARTS) is 1. The highest BCUT2D eigenvalue weighted by atomic mass is 32.2. The molecule has 0 saturated carbocycles. The molecule has 0 unspecified atom stereocenters. The van der Waals surface area contributed by atoms with E-state index in [4.69, 9.17) is 5.11 Å². The van der Waals surface area contributed by atoms with E-state index in [0.717, 1.165) is 4.31 Å². The SMILES string of the molecule is CCN(CC)S(=O)(=O)N1C[C@@H](O)C[C@H]1C(=O)O. The fraction of sp³-hybridized carbons (Fsp3) is 0.889. The van der Waals surface area contributed by atoms with Gasteiger partial charge < -0.3 is 10.2 Å². The Morgan fingerprint density at radius 1 is 1.41 bits per heavy atom. The van der Waals surface area contributed by atoms with Gasteiger partial charge in [0.2, 0.25) is 0 Å². The third kappa shape index (κ3) is 2.76. The molecular weight excluding hydrogens is 248 g/mol. The van der Waals surface area contributed by atoms with E-state index in [1.165, 1.54) is 4.31 Å². The Kier molecular flexibility index (Phi) is 4.48. The number of carbonyl (C=O) groups is 1. The first-order valence-corrected chi connectivity index (χ1v) is 6.92. The summed E-state index contributed by atoms with van der Waals surface area (Å²) in [5, 5.41) is 18.4. The first kappa shape index (κ1) is 14.4. The summed E-state index contributed by atoms with van der Waals surface area (Å²) in [5.74, 6) is -1.22. The molecule has 1 aliphatic rings. The number of aliphatic hydroxyl groups is 1. The normalized spacial score (nSPS) is 26.6. The van der Waals surface area contributed by atoms with E-state index in [1.807, 2.05) is 0 Å². The lowest BCUT2D eigenvalue weighted by Gasteiger charge is -2.27. The second kappa shape index (κ2) is 5.30. The minimum Gasteiger partial charge on any atom is -0.480 e. The van der Waals surface area contributed by atoms with Crippen molar-refractivity contribution in [1.82, 2.24) is 8.61 Å². The third-order valence-corrected chi connectivity index (χ3v) is 5.01. The molecule has 0 radical (unpaired) electrons. The molecule has 100 valence electrons. The smallest absolute Gasteiger partial charge is 0.322 e. The van der Waals surface area contributed by atoms with Crippen LogP contribution in [0.5, 0.6) is 0 Å². The standard InChI is InChI=1S/C9H18N2O5S/c1-3-10(4-2)17(15,16)11-6-7(12)5-8(11)9(13)14/h7-8,12H,3-6H2,1-2H3,(H,13,14)/t7-,8-/m0/s1.